The first-order chi connectivity index (χ1) is 11.6. The van der Waals surface area contributed by atoms with Gasteiger partial charge in [0.25, 0.3) is 5.91 Å². The number of carboxylic acids is 1. The Kier molecular flexibility index (Phi) is 3.57. The molecule has 5 heteroatoms. The molecule has 1 N–H and O–H groups in total. The second kappa shape index (κ2) is 5.64. The molecule has 2 atom stereocenters. The van der Waals surface area contributed by atoms with Gasteiger partial charge in [0.15, 0.2) is 0 Å². The summed E-state index contributed by atoms with van der Waals surface area (Å²) >= 11 is 5.97. The van der Waals surface area contributed by atoms with Crippen LogP contribution in [0.4, 0.5) is 0 Å². The summed E-state index contributed by atoms with van der Waals surface area (Å²) in [5, 5.41) is 10.5. The minimum absolute atomic E-state index is 0.0782. The number of carbonyl (C=O) groups excluding carboxylic acids is 1. The van der Waals surface area contributed by atoms with Crippen LogP contribution in [0.15, 0.2) is 48.5 Å². The van der Waals surface area contributed by atoms with Crippen LogP contribution in [0.2, 0.25) is 5.02 Å². The monoisotopic (exact) mass is 341 g/mol. The number of fused-ring (bicyclic) bond motifs is 1. The van der Waals surface area contributed by atoms with Gasteiger partial charge in [0, 0.05) is 16.6 Å². The standard InChI is InChI=1S/C19H16ClNO3/c20-12-7-5-11(6-8-12)17-16(19(23)24)14-3-1-2-4-15(14)18(22)21(17)13-9-10-13/h1-8,13,16-17H,9-10H2,(H,23,24)/t16-,17-/m1/s1. The second-order valence-corrected chi connectivity index (χ2v) is 6.78. The van der Waals surface area contributed by atoms with E-state index in [1.807, 2.05) is 12.1 Å². The molecule has 1 saturated carbocycles. The summed E-state index contributed by atoms with van der Waals surface area (Å²) in [5.41, 5.74) is 1.90. The van der Waals surface area contributed by atoms with E-state index in [9.17, 15) is 14.7 Å². The van der Waals surface area contributed by atoms with Crippen molar-refractivity contribution in [2.75, 3.05) is 0 Å². The van der Waals surface area contributed by atoms with Crippen molar-refractivity contribution < 1.29 is 14.7 Å². The Bertz CT molecular complexity index is 814. The minimum atomic E-state index is -0.916. The Morgan fingerprint density at radius 3 is 2.38 bits per heavy atom. The molecule has 1 amide bonds. The highest BCUT2D eigenvalue weighted by Crippen LogP contribution is 2.47. The maximum atomic E-state index is 13.0. The Balaban J connectivity index is 1.91. The zero-order valence-electron chi connectivity index (χ0n) is 12.9. The lowest BCUT2D eigenvalue weighted by molar-refractivity contribution is -0.140. The topological polar surface area (TPSA) is 57.6 Å². The SMILES string of the molecule is O=C(O)[C@@H]1c2ccccc2C(=O)N(C2CC2)[C@@H]1c1ccc(Cl)cc1. The Labute approximate surface area is 144 Å². The highest BCUT2D eigenvalue weighted by atomic mass is 35.5. The van der Waals surface area contributed by atoms with E-state index in [0.717, 1.165) is 18.4 Å². The molecule has 122 valence electrons. The number of amides is 1. The van der Waals surface area contributed by atoms with Crippen LogP contribution in [0.3, 0.4) is 0 Å². The fourth-order valence-corrected chi connectivity index (χ4v) is 3.71. The van der Waals surface area contributed by atoms with Gasteiger partial charge < -0.3 is 10.0 Å². The molecular formula is C19H16ClNO3. The van der Waals surface area contributed by atoms with E-state index < -0.39 is 17.9 Å². The average Bonchev–Trinajstić information content (AvgIpc) is 3.40. The van der Waals surface area contributed by atoms with E-state index in [-0.39, 0.29) is 11.9 Å². The molecule has 1 heterocycles. The van der Waals surface area contributed by atoms with E-state index in [1.54, 1.807) is 41.3 Å². The Morgan fingerprint density at radius 2 is 1.75 bits per heavy atom. The fraction of sp³-hybridized carbons (Fsp3) is 0.263. The number of nitrogens with zero attached hydrogens (tertiary/aromatic N) is 1. The lowest BCUT2D eigenvalue weighted by Gasteiger charge is -2.41. The van der Waals surface area contributed by atoms with Crippen LogP contribution in [-0.2, 0) is 4.79 Å². The maximum Gasteiger partial charge on any atom is 0.313 e. The van der Waals surface area contributed by atoms with Crippen LogP contribution in [-0.4, -0.2) is 27.9 Å². The quantitative estimate of drug-likeness (QED) is 0.922. The molecule has 4 rings (SSSR count). The lowest BCUT2D eigenvalue weighted by atomic mass is 9.79. The molecule has 1 aliphatic carbocycles. The lowest BCUT2D eigenvalue weighted by Crippen LogP contribution is -2.46. The van der Waals surface area contributed by atoms with E-state index in [4.69, 9.17) is 11.6 Å². The summed E-state index contributed by atoms with van der Waals surface area (Å²) in [4.78, 5) is 26.9. The van der Waals surface area contributed by atoms with E-state index >= 15 is 0 Å². The highest BCUT2D eigenvalue weighted by molar-refractivity contribution is 6.30. The third-order valence-corrected chi connectivity index (χ3v) is 5.05. The minimum Gasteiger partial charge on any atom is -0.481 e. The van der Waals surface area contributed by atoms with Crippen molar-refractivity contribution in [3.05, 3.63) is 70.2 Å². The summed E-state index contributed by atoms with van der Waals surface area (Å²) < 4.78 is 0. The molecule has 0 bridgehead atoms. The van der Waals surface area contributed by atoms with Crippen LogP contribution >= 0.6 is 11.6 Å². The van der Waals surface area contributed by atoms with Crippen molar-refractivity contribution in [3.63, 3.8) is 0 Å². The molecule has 0 radical (unpaired) electrons. The van der Waals surface area contributed by atoms with Crippen molar-refractivity contribution in [2.45, 2.75) is 30.8 Å². The second-order valence-electron chi connectivity index (χ2n) is 6.34. The molecule has 2 aliphatic rings. The molecule has 0 spiro atoms. The summed E-state index contributed by atoms with van der Waals surface area (Å²) in [5.74, 6) is -1.77. The predicted octanol–water partition coefficient (Wildman–Crippen LogP) is 3.87. The third-order valence-electron chi connectivity index (χ3n) is 4.79. The first-order valence-electron chi connectivity index (χ1n) is 7.98. The molecule has 0 saturated heterocycles. The van der Waals surface area contributed by atoms with Crippen molar-refractivity contribution >= 4 is 23.5 Å². The third kappa shape index (κ3) is 2.38. The van der Waals surface area contributed by atoms with Gasteiger partial charge in [-0.1, -0.05) is 41.9 Å². The van der Waals surface area contributed by atoms with E-state index in [0.29, 0.717) is 16.1 Å². The van der Waals surface area contributed by atoms with Gasteiger partial charge in [-0.25, -0.2) is 0 Å². The number of halogens is 1. The van der Waals surface area contributed by atoms with Gasteiger partial charge in [-0.3, -0.25) is 9.59 Å². The number of hydrogen-bond donors (Lipinski definition) is 1. The number of benzene rings is 2. The molecule has 0 unspecified atom stereocenters. The summed E-state index contributed by atoms with van der Waals surface area (Å²) in [6.07, 6.45) is 1.84. The van der Waals surface area contributed by atoms with Gasteiger partial charge in [0.2, 0.25) is 0 Å². The van der Waals surface area contributed by atoms with Crippen LogP contribution in [0.1, 0.15) is 46.3 Å². The number of aliphatic carboxylic acids is 1. The maximum absolute atomic E-state index is 13.0. The van der Waals surface area contributed by atoms with Gasteiger partial charge in [-0.15, -0.1) is 0 Å². The largest absolute Gasteiger partial charge is 0.481 e. The first-order valence-corrected chi connectivity index (χ1v) is 8.35. The first kappa shape index (κ1) is 15.2. The van der Waals surface area contributed by atoms with Gasteiger partial charge in [-0.05, 0) is 42.2 Å². The molecule has 2 aromatic carbocycles. The molecule has 1 aliphatic heterocycles. The summed E-state index contributed by atoms with van der Waals surface area (Å²) in [7, 11) is 0. The molecule has 4 nitrogen and oxygen atoms in total. The van der Waals surface area contributed by atoms with E-state index in [1.165, 1.54) is 0 Å². The summed E-state index contributed by atoms with van der Waals surface area (Å²) in [6, 6.07) is 13.8. The zero-order valence-corrected chi connectivity index (χ0v) is 13.6. The van der Waals surface area contributed by atoms with Crippen molar-refractivity contribution in [1.82, 2.24) is 4.90 Å². The molecular weight excluding hydrogens is 326 g/mol. The normalized spacial score (nSPS) is 23.0. The van der Waals surface area contributed by atoms with Crippen molar-refractivity contribution in [2.24, 2.45) is 0 Å². The van der Waals surface area contributed by atoms with Gasteiger partial charge >= 0.3 is 5.97 Å². The van der Waals surface area contributed by atoms with Gasteiger partial charge in [-0.2, -0.15) is 0 Å². The zero-order chi connectivity index (χ0) is 16.8. The fourth-order valence-electron chi connectivity index (χ4n) is 3.59. The van der Waals surface area contributed by atoms with Gasteiger partial charge in [0.1, 0.15) is 5.92 Å². The van der Waals surface area contributed by atoms with Crippen LogP contribution in [0.5, 0.6) is 0 Å². The van der Waals surface area contributed by atoms with Gasteiger partial charge in [0.05, 0.1) is 6.04 Å². The smallest absolute Gasteiger partial charge is 0.313 e. The Hall–Kier alpha value is -2.33. The van der Waals surface area contributed by atoms with Crippen molar-refractivity contribution in [1.29, 1.82) is 0 Å². The predicted molar refractivity (Wildman–Crippen MR) is 90.2 cm³/mol. The van der Waals surface area contributed by atoms with Crippen LogP contribution < -0.4 is 0 Å². The molecule has 2 aromatic rings. The summed E-state index contributed by atoms with van der Waals surface area (Å²) in [6.45, 7) is 0. The average molecular weight is 342 g/mol. The Morgan fingerprint density at radius 1 is 1.08 bits per heavy atom. The molecule has 0 aromatic heterocycles. The number of carbonyl (C=O) groups is 2. The van der Waals surface area contributed by atoms with Crippen LogP contribution in [0.25, 0.3) is 0 Å². The molecule has 1 fully saturated rings. The molecule has 24 heavy (non-hydrogen) atoms. The number of rotatable bonds is 3. The number of carboxylic acid groups (broad SMARTS) is 1. The van der Waals surface area contributed by atoms with Crippen LogP contribution in [0, 0.1) is 0 Å². The van der Waals surface area contributed by atoms with Crippen molar-refractivity contribution in [3.8, 4) is 0 Å². The number of hydrogen-bond acceptors (Lipinski definition) is 2. The highest BCUT2D eigenvalue weighted by Gasteiger charge is 2.49. The van der Waals surface area contributed by atoms with E-state index in [2.05, 4.69) is 0 Å².